The van der Waals surface area contributed by atoms with Gasteiger partial charge in [0.15, 0.2) is 0 Å². The maximum absolute atomic E-state index is 12.4. The summed E-state index contributed by atoms with van der Waals surface area (Å²) in [6, 6.07) is 16.9. The fraction of sp³-hybridized carbons (Fsp3) is 0.364. The molecule has 3 rings (SSSR count). The van der Waals surface area contributed by atoms with Crippen molar-refractivity contribution >= 4 is 17.5 Å². The van der Waals surface area contributed by atoms with Gasteiger partial charge in [0.25, 0.3) is 5.91 Å². The minimum Gasteiger partial charge on any atom is -0.346 e. The molecule has 1 aliphatic rings. The van der Waals surface area contributed by atoms with Crippen LogP contribution in [0.3, 0.4) is 0 Å². The number of rotatable bonds is 6. The number of hydrogen-bond donors (Lipinski definition) is 2. The summed E-state index contributed by atoms with van der Waals surface area (Å²) in [5.41, 5.74) is 2.39. The van der Waals surface area contributed by atoms with Gasteiger partial charge >= 0.3 is 0 Å². The second-order valence-electron chi connectivity index (χ2n) is 7.09. The van der Waals surface area contributed by atoms with Crippen LogP contribution in [0.1, 0.15) is 61.0 Å². The highest BCUT2D eigenvalue weighted by Gasteiger charge is 2.18. The summed E-state index contributed by atoms with van der Waals surface area (Å²) in [5, 5.41) is 5.93. The Morgan fingerprint density at radius 1 is 1.00 bits per heavy atom. The Labute approximate surface area is 155 Å². The number of nitrogens with one attached hydrogen (secondary N) is 2. The van der Waals surface area contributed by atoms with Crippen molar-refractivity contribution in [2.45, 2.75) is 45.1 Å². The molecule has 2 aromatic carbocycles. The maximum Gasteiger partial charge on any atom is 0.251 e. The summed E-state index contributed by atoms with van der Waals surface area (Å²) in [7, 11) is 0. The van der Waals surface area contributed by atoms with Crippen LogP contribution < -0.4 is 10.6 Å². The third-order valence-electron chi connectivity index (χ3n) is 5.03. The Hall–Kier alpha value is -2.62. The third-order valence-corrected chi connectivity index (χ3v) is 5.03. The highest BCUT2D eigenvalue weighted by atomic mass is 16.2. The molecule has 0 spiro atoms. The molecule has 0 heterocycles. The molecule has 1 saturated carbocycles. The zero-order valence-electron chi connectivity index (χ0n) is 15.2. The average Bonchev–Trinajstić information content (AvgIpc) is 3.15. The van der Waals surface area contributed by atoms with Crippen molar-refractivity contribution in [1.29, 1.82) is 0 Å². The molecular weight excluding hydrogens is 324 g/mol. The largest absolute Gasteiger partial charge is 0.346 e. The van der Waals surface area contributed by atoms with E-state index in [1.807, 2.05) is 37.3 Å². The molecule has 0 radical (unpaired) electrons. The molecule has 2 N–H and O–H groups in total. The number of amides is 2. The molecule has 1 fully saturated rings. The van der Waals surface area contributed by atoms with Crippen molar-refractivity contribution in [1.82, 2.24) is 5.32 Å². The van der Waals surface area contributed by atoms with Crippen LogP contribution in [0.25, 0.3) is 0 Å². The summed E-state index contributed by atoms with van der Waals surface area (Å²) in [4.78, 5) is 24.5. The van der Waals surface area contributed by atoms with Gasteiger partial charge in [-0.1, -0.05) is 43.2 Å². The molecule has 4 nitrogen and oxygen atoms in total. The third kappa shape index (κ3) is 4.94. The monoisotopic (exact) mass is 350 g/mol. The summed E-state index contributed by atoms with van der Waals surface area (Å²) in [6.45, 7) is 1.96. The molecule has 2 aromatic rings. The lowest BCUT2D eigenvalue weighted by molar-refractivity contribution is -0.117. The number of benzene rings is 2. The second-order valence-corrected chi connectivity index (χ2v) is 7.09. The van der Waals surface area contributed by atoms with Crippen molar-refractivity contribution in [3.8, 4) is 0 Å². The Morgan fingerprint density at radius 3 is 2.31 bits per heavy atom. The molecule has 0 saturated heterocycles. The van der Waals surface area contributed by atoms with E-state index in [0.29, 0.717) is 17.9 Å². The smallest absolute Gasteiger partial charge is 0.251 e. The van der Waals surface area contributed by atoms with E-state index in [-0.39, 0.29) is 17.9 Å². The summed E-state index contributed by atoms with van der Waals surface area (Å²) in [6.07, 6.45) is 5.39. The van der Waals surface area contributed by atoms with Crippen molar-refractivity contribution in [2.24, 2.45) is 5.92 Å². The highest BCUT2D eigenvalue weighted by molar-refractivity contribution is 5.96. The fourth-order valence-electron chi connectivity index (χ4n) is 3.50. The zero-order chi connectivity index (χ0) is 18.4. The minimum atomic E-state index is -0.120. The number of carbonyl (C=O) groups is 2. The molecule has 0 bridgehead atoms. The van der Waals surface area contributed by atoms with Crippen molar-refractivity contribution in [2.75, 3.05) is 5.32 Å². The zero-order valence-corrected chi connectivity index (χ0v) is 15.2. The van der Waals surface area contributed by atoms with Crippen molar-refractivity contribution < 1.29 is 9.59 Å². The summed E-state index contributed by atoms with van der Waals surface area (Å²) < 4.78 is 0. The Kier molecular flexibility index (Phi) is 6.05. The van der Waals surface area contributed by atoms with E-state index in [4.69, 9.17) is 0 Å². The van der Waals surface area contributed by atoms with Gasteiger partial charge in [-0.25, -0.2) is 0 Å². The van der Waals surface area contributed by atoms with E-state index >= 15 is 0 Å². The number of hydrogen-bond acceptors (Lipinski definition) is 2. The minimum absolute atomic E-state index is 0.0607. The number of carbonyl (C=O) groups excluding carboxylic acids is 2. The lowest BCUT2D eigenvalue weighted by atomic mass is 10.0. The predicted molar refractivity (Wildman–Crippen MR) is 104 cm³/mol. The van der Waals surface area contributed by atoms with Crippen LogP contribution in [-0.4, -0.2) is 11.8 Å². The molecular formula is C22H26N2O2. The SMILES string of the molecule is CC(NC(=O)c1ccc(NC(=O)CC2CCCC2)cc1)c1ccccc1. The van der Waals surface area contributed by atoms with E-state index in [1.165, 1.54) is 12.8 Å². The second kappa shape index (κ2) is 8.65. The van der Waals surface area contributed by atoms with Crippen LogP contribution in [0.4, 0.5) is 5.69 Å². The molecule has 2 amide bonds. The van der Waals surface area contributed by atoms with Crippen LogP contribution in [0.5, 0.6) is 0 Å². The van der Waals surface area contributed by atoms with Crippen LogP contribution in [0.15, 0.2) is 54.6 Å². The first-order chi connectivity index (χ1) is 12.6. The fourth-order valence-corrected chi connectivity index (χ4v) is 3.50. The van der Waals surface area contributed by atoms with Gasteiger partial charge in [-0.3, -0.25) is 9.59 Å². The molecule has 0 aliphatic heterocycles. The molecule has 4 heteroatoms. The first-order valence-corrected chi connectivity index (χ1v) is 9.37. The molecule has 1 unspecified atom stereocenters. The first-order valence-electron chi connectivity index (χ1n) is 9.37. The van der Waals surface area contributed by atoms with Crippen molar-refractivity contribution in [3.05, 3.63) is 65.7 Å². The standard InChI is InChI=1S/C22H26N2O2/c1-16(18-9-3-2-4-10-18)23-22(26)19-11-13-20(14-12-19)24-21(25)15-17-7-5-6-8-17/h2-4,9-14,16-17H,5-8,15H2,1H3,(H,23,26)(H,24,25). The Morgan fingerprint density at radius 2 is 1.65 bits per heavy atom. The van der Waals surface area contributed by atoms with Gasteiger partial charge < -0.3 is 10.6 Å². The highest BCUT2D eigenvalue weighted by Crippen LogP contribution is 2.27. The van der Waals surface area contributed by atoms with Gasteiger partial charge in [-0.15, -0.1) is 0 Å². The lowest BCUT2D eigenvalue weighted by Gasteiger charge is -2.14. The van der Waals surface area contributed by atoms with Crippen LogP contribution in [-0.2, 0) is 4.79 Å². The normalized spacial score (nSPS) is 15.4. The molecule has 26 heavy (non-hydrogen) atoms. The Bertz CT molecular complexity index is 734. The molecule has 136 valence electrons. The maximum atomic E-state index is 12.4. The summed E-state index contributed by atoms with van der Waals surface area (Å²) in [5.74, 6) is 0.469. The van der Waals surface area contributed by atoms with E-state index in [9.17, 15) is 9.59 Å². The van der Waals surface area contributed by atoms with E-state index in [2.05, 4.69) is 10.6 Å². The van der Waals surface area contributed by atoms with E-state index in [0.717, 1.165) is 24.1 Å². The van der Waals surface area contributed by atoms with Gasteiger partial charge in [0, 0.05) is 17.7 Å². The van der Waals surface area contributed by atoms with Gasteiger partial charge in [-0.05, 0) is 55.5 Å². The molecule has 1 aliphatic carbocycles. The predicted octanol–water partition coefficient (Wildman–Crippen LogP) is 4.70. The lowest BCUT2D eigenvalue weighted by Crippen LogP contribution is -2.26. The summed E-state index contributed by atoms with van der Waals surface area (Å²) >= 11 is 0. The van der Waals surface area contributed by atoms with E-state index < -0.39 is 0 Å². The quantitative estimate of drug-likeness (QED) is 0.793. The molecule has 0 aromatic heterocycles. The van der Waals surface area contributed by atoms with Gasteiger partial charge in [0.05, 0.1) is 6.04 Å². The van der Waals surface area contributed by atoms with Crippen LogP contribution in [0, 0.1) is 5.92 Å². The van der Waals surface area contributed by atoms with Crippen LogP contribution in [0.2, 0.25) is 0 Å². The van der Waals surface area contributed by atoms with Gasteiger partial charge in [0.1, 0.15) is 0 Å². The van der Waals surface area contributed by atoms with Gasteiger partial charge in [-0.2, -0.15) is 0 Å². The Balaban J connectivity index is 1.53. The number of anilines is 1. The topological polar surface area (TPSA) is 58.2 Å². The van der Waals surface area contributed by atoms with Crippen molar-refractivity contribution in [3.63, 3.8) is 0 Å². The van der Waals surface area contributed by atoms with Gasteiger partial charge in [0.2, 0.25) is 5.91 Å². The first kappa shape index (κ1) is 18.2. The van der Waals surface area contributed by atoms with E-state index in [1.54, 1.807) is 24.3 Å². The average molecular weight is 350 g/mol. The molecule has 1 atom stereocenters. The van der Waals surface area contributed by atoms with Crippen LogP contribution >= 0.6 is 0 Å².